The molecule has 0 aromatic heterocycles. The summed E-state index contributed by atoms with van der Waals surface area (Å²) in [6.07, 6.45) is 0. The van der Waals surface area contributed by atoms with Gasteiger partial charge in [-0.1, -0.05) is 41.6 Å². The van der Waals surface area contributed by atoms with Crippen LogP contribution in [0.25, 0.3) is 0 Å². The summed E-state index contributed by atoms with van der Waals surface area (Å²) in [7, 11) is 0. The van der Waals surface area contributed by atoms with Crippen LogP contribution in [0.1, 0.15) is 15.9 Å². The molecule has 26 heavy (non-hydrogen) atoms. The first-order valence-corrected chi connectivity index (χ1v) is 9.00. The summed E-state index contributed by atoms with van der Waals surface area (Å²) in [6, 6.07) is 10.1. The zero-order valence-corrected chi connectivity index (χ0v) is 15.0. The Labute approximate surface area is 157 Å². The van der Waals surface area contributed by atoms with Crippen molar-refractivity contribution in [2.45, 2.75) is 5.75 Å². The van der Waals surface area contributed by atoms with Crippen LogP contribution in [0.5, 0.6) is 0 Å². The number of amidine groups is 1. The van der Waals surface area contributed by atoms with E-state index in [1.165, 1.54) is 34.9 Å². The number of nitro groups is 1. The molecule has 2 aromatic rings. The van der Waals surface area contributed by atoms with Crippen molar-refractivity contribution in [1.29, 1.82) is 0 Å². The van der Waals surface area contributed by atoms with Crippen LogP contribution < -0.4 is 0 Å². The number of nitro benzene ring substituents is 1. The number of rotatable bonds is 4. The fraction of sp³-hybridized carbons (Fsp3) is 0.176. The number of nitrogens with zero attached hydrogens (tertiary/aromatic N) is 3. The average Bonchev–Trinajstić information content (AvgIpc) is 3.09. The normalized spacial score (nSPS) is 13.6. The van der Waals surface area contributed by atoms with Gasteiger partial charge in [-0.2, -0.15) is 0 Å². The van der Waals surface area contributed by atoms with Gasteiger partial charge in [0, 0.05) is 24.4 Å². The molecule has 1 amide bonds. The molecular weight excluding hydrogens is 381 g/mol. The molecule has 0 unspecified atom stereocenters. The molecule has 0 saturated heterocycles. The van der Waals surface area contributed by atoms with Gasteiger partial charge in [0.2, 0.25) is 0 Å². The summed E-state index contributed by atoms with van der Waals surface area (Å²) in [5.41, 5.74) is 0.337. The lowest BCUT2D eigenvalue weighted by molar-refractivity contribution is -0.384. The molecule has 9 heteroatoms. The second-order valence-corrected chi connectivity index (χ2v) is 6.77. The molecule has 0 bridgehead atoms. The van der Waals surface area contributed by atoms with E-state index in [0.29, 0.717) is 29.6 Å². The van der Waals surface area contributed by atoms with E-state index in [-0.39, 0.29) is 22.1 Å². The van der Waals surface area contributed by atoms with Crippen molar-refractivity contribution in [3.8, 4) is 0 Å². The van der Waals surface area contributed by atoms with Crippen LogP contribution in [0.2, 0.25) is 5.02 Å². The van der Waals surface area contributed by atoms with Crippen LogP contribution in [0.3, 0.4) is 0 Å². The first kappa shape index (κ1) is 18.3. The van der Waals surface area contributed by atoms with Gasteiger partial charge in [0.15, 0.2) is 5.17 Å². The van der Waals surface area contributed by atoms with E-state index in [0.717, 1.165) is 6.07 Å². The third kappa shape index (κ3) is 3.86. The fourth-order valence-corrected chi connectivity index (χ4v) is 3.66. The van der Waals surface area contributed by atoms with Crippen LogP contribution >= 0.6 is 23.4 Å². The molecule has 0 spiro atoms. The molecule has 6 nitrogen and oxygen atoms in total. The van der Waals surface area contributed by atoms with E-state index >= 15 is 0 Å². The Morgan fingerprint density at radius 3 is 2.85 bits per heavy atom. The highest BCUT2D eigenvalue weighted by Crippen LogP contribution is 2.27. The predicted octanol–water partition coefficient (Wildman–Crippen LogP) is 4.13. The van der Waals surface area contributed by atoms with E-state index in [2.05, 4.69) is 4.99 Å². The Balaban J connectivity index is 1.77. The number of benzene rings is 2. The van der Waals surface area contributed by atoms with Gasteiger partial charge in [-0.05, 0) is 17.7 Å². The van der Waals surface area contributed by atoms with Gasteiger partial charge in [0.1, 0.15) is 5.82 Å². The van der Waals surface area contributed by atoms with Gasteiger partial charge >= 0.3 is 0 Å². The maximum Gasteiger partial charge on any atom is 0.270 e. The van der Waals surface area contributed by atoms with Crippen LogP contribution in [-0.4, -0.2) is 34.0 Å². The minimum absolute atomic E-state index is 0.0435. The molecule has 0 saturated carbocycles. The van der Waals surface area contributed by atoms with Crippen LogP contribution in [0, 0.1) is 15.9 Å². The van der Waals surface area contributed by atoms with Gasteiger partial charge in [0.05, 0.1) is 22.1 Å². The van der Waals surface area contributed by atoms with Gasteiger partial charge in [0.25, 0.3) is 11.6 Å². The maximum absolute atomic E-state index is 13.7. The first-order valence-electron chi connectivity index (χ1n) is 7.64. The molecule has 134 valence electrons. The summed E-state index contributed by atoms with van der Waals surface area (Å²) in [5.74, 6) is -0.466. The van der Waals surface area contributed by atoms with Crippen molar-refractivity contribution in [3.63, 3.8) is 0 Å². The Hall–Kier alpha value is -2.45. The smallest absolute Gasteiger partial charge is 0.270 e. The zero-order valence-electron chi connectivity index (χ0n) is 13.4. The fourth-order valence-electron chi connectivity index (χ4n) is 2.43. The minimum Gasteiger partial charge on any atom is -0.286 e. The summed E-state index contributed by atoms with van der Waals surface area (Å²) < 4.78 is 13.7. The lowest BCUT2D eigenvalue weighted by atomic mass is 10.2. The largest absolute Gasteiger partial charge is 0.286 e. The highest BCUT2D eigenvalue weighted by atomic mass is 35.5. The second kappa shape index (κ2) is 7.84. The molecule has 0 aliphatic carbocycles. The molecule has 2 aromatic carbocycles. The average molecular weight is 394 g/mol. The molecule has 1 aliphatic rings. The van der Waals surface area contributed by atoms with Crippen LogP contribution in [0.4, 0.5) is 10.1 Å². The van der Waals surface area contributed by atoms with Crippen molar-refractivity contribution in [2.75, 3.05) is 13.1 Å². The summed E-state index contributed by atoms with van der Waals surface area (Å²) in [6.45, 7) is 0.759. The molecule has 1 aliphatic heterocycles. The van der Waals surface area contributed by atoms with E-state index in [4.69, 9.17) is 11.6 Å². The van der Waals surface area contributed by atoms with Crippen molar-refractivity contribution >= 4 is 40.1 Å². The Morgan fingerprint density at radius 1 is 1.35 bits per heavy atom. The first-order chi connectivity index (χ1) is 12.5. The van der Waals surface area contributed by atoms with Crippen molar-refractivity contribution in [3.05, 3.63) is 74.5 Å². The lowest BCUT2D eigenvalue weighted by Crippen LogP contribution is -2.33. The molecule has 0 N–H and O–H groups in total. The number of carbonyl (C=O) groups excluding carboxylic acids is 1. The van der Waals surface area contributed by atoms with Crippen LogP contribution in [-0.2, 0) is 5.75 Å². The van der Waals surface area contributed by atoms with E-state index in [9.17, 15) is 19.3 Å². The number of non-ortho nitro benzene ring substituents is 1. The molecule has 3 rings (SSSR count). The van der Waals surface area contributed by atoms with Crippen molar-refractivity contribution in [2.24, 2.45) is 4.99 Å². The summed E-state index contributed by atoms with van der Waals surface area (Å²) in [5, 5.41) is 11.5. The second-order valence-electron chi connectivity index (χ2n) is 5.42. The minimum atomic E-state index is -0.584. The third-order valence-corrected chi connectivity index (χ3v) is 5.15. The number of thioether (sulfide) groups is 1. The number of hydrogen-bond acceptors (Lipinski definition) is 5. The quantitative estimate of drug-likeness (QED) is 0.578. The number of hydrogen-bond donors (Lipinski definition) is 0. The molecule has 0 atom stereocenters. The molecule has 0 radical (unpaired) electrons. The maximum atomic E-state index is 13.7. The van der Waals surface area contributed by atoms with Crippen molar-refractivity contribution < 1.29 is 14.1 Å². The zero-order chi connectivity index (χ0) is 18.7. The van der Waals surface area contributed by atoms with E-state index < -0.39 is 10.8 Å². The monoisotopic (exact) mass is 393 g/mol. The molecule has 0 fully saturated rings. The number of carbonyl (C=O) groups is 1. The SMILES string of the molecule is O=C(c1cc([N+](=O)[O-])ccc1Cl)N1CCN=C1SCc1ccccc1F. The number of aliphatic imine (C=N–C) groups is 1. The van der Waals surface area contributed by atoms with E-state index in [1.54, 1.807) is 18.2 Å². The van der Waals surface area contributed by atoms with Gasteiger partial charge in [-0.15, -0.1) is 0 Å². The number of halogens is 2. The summed E-state index contributed by atoms with van der Waals surface area (Å²) >= 11 is 7.29. The van der Waals surface area contributed by atoms with E-state index in [1.807, 2.05) is 0 Å². The third-order valence-electron chi connectivity index (χ3n) is 3.75. The van der Waals surface area contributed by atoms with Gasteiger partial charge in [-0.25, -0.2) is 4.39 Å². The summed E-state index contributed by atoms with van der Waals surface area (Å²) in [4.78, 5) is 28.8. The number of amides is 1. The molecular formula is C17H13ClFN3O3S. The van der Waals surface area contributed by atoms with Gasteiger partial charge in [-0.3, -0.25) is 24.8 Å². The highest BCUT2D eigenvalue weighted by Gasteiger charge is 2.28. The van der Waals surface area contributed by atoms with Crippen LogP contribution in [0.15, 0.2) is 47.5 Å². The Bertz CT molecular complexity index is 907. The van der Waals surface area contributed by atoms with Gasteiger partial charge < -0.3 is 0 Å². The topological polar surface area (TPSA) is 75.8 Å². The standard InChI is InChI=1S/C17H13ClFN3O3S/c18-14-6-5-12(22(24)25)9-13(14)16(23)21-8-7-20-17(21)26-10-11-3-1-2-4-15(11)19/h1-6,9H,7-8,10H2. The lowest BCUT2D eigenvalue weighted by Gasteiger charge is -2.18. The Kier molecular flexibility index (Phi) is 5.53. The predicted molar refractivity (Wildman–Crippen MR) is 99.1 cm³/mol. The molecule has 1 heterocycles. The highest BCUT2D eigenvalue weighted by molar-refractivity contribution is 8.13. The Morgan fingerprint density at radius 2 is 2.12 bits per heavy atom. The van der Waals surface area contributed by atoms with Crippen molar-refractivity contribution in [1.82, 2.24) is 4.90 Å².